The number of primary amides is 1. The third-order valence-corrected chi connectivity index (χ3v) is 3.63. The second kappa shape index (κ2) is 5.88. The van der Waals surface area contributed by atoms with Crippen molar-refractivity contribution in [3.8, 4) is 11.5 Å². The first-order chi connectivity index (χ1) is 9.93. The van der Waals surface area contributed by atoms with Crippen LogP contribution in [0.3, 0.4) is 0 Å². The number of para-hydroxylation sites is 1. The number of carbonyl (C=O) groups excluding carboxylic acids is 3. The normalized spacial score (nSPS) is 16.6. The van der Waals surface area contributed by atoms with Gasteiger partial charge in [0, 0.05) is 5.56 Å². The summed E-state index contributed by atoms with van der Waals surface area (Å²) in [5, 5.41) is 9.37. The van der Waals surface area contributed by atoms with E-state index in [-0.39, 0.29) is 16.4 Å². The van der Waals surface area contributed by atoms with Crippen molar-refractivity contribution in [1.29, 1.82) is 0 Å². The number of nitrogens with zero attached hydrogens (tertiary/aromatic N) is 1. The van der Waals surface area contributed by atoms with Crippen LogP contribution in [0.2, 0.25) is 0 Å². The molecule has 0 atom stereocenters. The van der Waals surface area contributed by atoms with Gasteiger partial charge >= 0.3 is 0 Å². The molecule has 0 spiro atoms. The van der Waals surface area contributed by atoms with E-state index in [0.29, 0.717) is 17.3 Å². The molecule has 21 heavy (non-hydrogen) atoms. The van der Waals surface area contributed by atoms with Gasteiger partial charge in [0.1, 0.15) is 6.54 Å². The molecule has 1 aromatic rings. The van der Waals surface area contributed by atoms with Crippen molar-refractivity contribution in [3.05, 3.63) is 28.7 Å². The lowest BCUT2D eigenvalue weighted by Crippen LogP contribution is -2.36. The van der Waals surface area contributed by atoms with Crippen molar-refractivity contribution < 1.29 is 24.2 Å². The van der Waals surface area contributed by atoms with Crippen LogP contribution in [0, 0.1) is 0 Å². The van der Waals surface area contributed by atoms with Crippen LogP contribution in [0.1, 0.15) is 5.56 Å². The number of hydrogen-bond acceptors (Lipinski definition) is 6. The molecule has 1 saturated heterocycles. The van der Waals surface area contributed by atoms with Gasteiger partial charge < -0.3 is 15.6 Å². The summed E-state index contributed by atoms with van der Waals surface area (Å²) in [5.74, 6) is -1.28. The average Bonchev–Trinajstić information content (AvgIpc) is 2.68. The highest BCUT2D eigenvalue weighted by Gasteiger charge is 2.36. The summed E-state index contributed by atoms with van der Waals surface area (Å²) in [6.07, 6.45) is 1.36. The third-order valence-electron chi connectivity index (χ3n) is 2.72. The Kier molecular flexibility index (Phi) is 4.18. The number of amides is 3. The molecule has 7 nitrogen and oxygen atoms in total. The molecule has 1 aliphatic heterocycles. The highest BCUT2D eigenvalue weighted by atomic mass is 32.2. The number of nitrogens with two attached hydrogens (primary N) is 1. The monoisotopic (exact) mass is 308 g/mol. The Morgan fingerprint density at radius 3 is 2.81 bits per heavy atom. The molecule has 0 unspecified atom stereocenters. The molecule has 0 saturated carbocycles. The molecule has 2 rings (SSSR count). The molecule has 0 bridgehead atoms. The average molecular weight is 308 g/mol. The number of phenolic OH excluding ortho intramolecular Hbond substituents is 1. The zero-order valence-corrected chi connectivity index (χ0v) is 11.8. The number of imide groups is 1. The molecule has 0 aromatic heterocycles. The second-order valence-electron chi connectivity index (χ2n) is 4.13. The van der Waals surface area contributed by atoms with E-state index in [1.165, 1.54) is 13.2 Å². The topological polar surface area (TPSA) is 110 Å². The zero-order valence-electron chi connectivity index (χ0n) is 11.0. The molecule has 1 heterocycles. The first kappa shape index (κ1) is 14.9. The van der Waals surface area contributed by atoms with E-state index in [9.17, 15) is 19.5 Å². The van der Waals surface area contributed by atoms with E-state index in [1.807, 2.05) is 0 Å². The molecule has 110 valence electrons. The molecule has 1 fully saturated rings. The molecule has 0 aliphatic carbocycles. The molecule has 1 aliphatic rings. The molecule has 8 heteroatoms. The summed E-state index contributed by atoms with van der Waals surface area (Å²) in [4.78, 5) is 35.4. The zero-order chi connectivity index (χ0) is 15.6. The first-order valence-electron chi connectivity index (χ1n) is 5.83. The van der Waals surface area contributed by atoms with Crippen LogP contribution in [0.5, 0.6) is 11.5 Å². The minimum atomic E-state index is -0.775. The van der Waals surface area contributed by atoms with Gasteiger partial charge in [-0.15, -0.1) is 0 Å². The van der Waals surface area contributed by atoms with Gasteiger partial charge in [0.15, 0.2) is 11.5 Å². The Labute approximate surface area is 124 Å². The van der Waals surface area contributed by atoms with Gasteiger partial charge in [-0.25, -0.2) is 0 Å². The maximum Gasteiger partial charge on any atom is 0.294 e. The molecular weight excluding hydrogens is 296 g/mol. The van der Waals surface area contributed by atoms with Gasteiger partial charge in [-0.2, -0.15) is 0 Å². The van der Waals surface area contributed by atoms with Crippen molar-refractivity contribution in [2.24, 2.45) is 5.73 Å². The first-order valence-corrected chi connectivity index (χ1v) is 6.65. The minimum absolute atomic E-state index is 0.102. The maximum absolute atomic E-state index is 12.0. The Balaban J connectivity index is 2.33. The number of ether oxygens (including phenoxy) is 1. The van der Waals surface area contributed by atoms with Gasteiger partial charge in [-0.05, 0) is 23.9 Å². The SMILES string of the molecule is COc1cccc(/C=C2\SC(=O)N(CC(N)=O)C2=O)c1O. The molecule has 3 N–H and O–H groups in total. The van der Waals surface area contributed by atoms with E-state index in [0.717, 1.165) is 4.90 Å². The van der Waals surface area contributed by atoms with Gasteiger partial charge in [0.2, 0.25) is 5.91 Å². The summed E-state index contributed by atoms with van der Waals surface area (Å²) in [6, 6.07) is 4.77. The number of carbonyl (C=O) groups is 3. The van der Waals surface area contributed by atoms with Crippen LogP contribution in [0.25, 0.3) is 6.08 Å². The Bertz CT molecular complexity index is 656. The van der Waals surface area contributed by atoms with E-state index in [2.05, 4.69) is 0 Å². The Morgan fingerprint density at radius 2 is 2.19 bits per heavy atom. The summed E-state index contributed by atoms with van der Waals surface area (Å²) in [5.41, 5.74) is 5.32. The number of rotatable bonds is 4. The highest BCUT2D eigenvalue weighted by molar-refractivity contribution is 8.18. The van der Waals surface area contributed by atoms with E-state index >= 15 is 0 Å². The quantitative estimate of drug-likeness (QED) is 0.800. The van der Waals surface area contributed by atoms with Crippen molar-refractivity contribution in [2.45, 2.75) is 0 Å². The number of phenols is 1. The van der Waals surface area contributed by atoms with Crippen LogP contribution in [-0.4, -0.2) is 40.7 Å². The maximum atomic E-state index is 12.0. The highest BCUT2D eigenvalue weighted by Crippen LogP contribution is 2.36. The van der Waals surface area contributed by atoms with Crippen molar-refractivity contribution in [1.82, 2.24) is 4.90 Å². The number of hydrogen-bond donors (Lipinski definition) is 2. The fourth-order valence-corrected chi connectivity index (χ4v) is 2.58. The fourth-order valence-electron chi connectivity index (χ4n) is 1.75. The van der Waals surface area contributed by atoms with E-state index in [1.54, 1.807) is 18.2 Å². The minimum Gasteiger partial charge on any atom is -0.504 e. The van der Waals surface area contributed by atoms with Gasteiger partial charge in [-0.3, -0.25) is 19.3 Å². The predicted molar refractivity (Wildman–Crippen MR) is 76.5 cm³/mol. The van der Waals surface area contributed by atoms with Crippen LogP contribution in [0.4, 0.5) is 4.79 Å². The number of methoxy groups -OCH3 is 1. The molecular formula is C13H12N2O5S. The van der Waals surface area contributed by atoms with Crippen LogP contribution in [0.15, 0.2) is 23.1 Å². The summed E-state index contributed by atoms with van der Waals surface area (Å²) >= 11 is 0.680. The van der Waals surface area contributed by atoms with Crippen molar-refractivity contribution >= 4 is 34.9 Å². The van der Waals surface area contributed by atoms with Gasteiger partial charge in [0.25, 0.3) is 11.1 Å². The third kappa shape index (κ3) is 3.00. The fraction of sp³-hybridized carbons (Fsp3) is 0.154. The van der Waals surface area contributed by atoms with E-state index in [4.69, 9.17) is 10.5 Å². The summed E-state index contributed by atoms with van der Waals surface area (Å²) in [6.45, 7) is -0.466. The number of aromatic hydroxyl groups is 1. The summed E-state index contributed by atoms with van der Waals surface area (Å²) < 4.78 is 4.96. The standard InChI is InChI=1S/C13H12N2O5S/c1-20-8-4-2-3-7(11(8)17)5-9-12(18)15(6-10(14)16)13(19)21-9/h2-5,17H,6H2,1H3,(H2,14,16)/b9-5-. The van der Waals surface area contributed by atoms with Crippen molar-refractivity contribution in [2.75, 3.05) is 13.7 Å². The predicted octanol–water partition coefficient (Wildman–Crippen LogP) is 0.922. The molecule has 1 aromatic carbocycles. The smallest absolute Gasteiger partial charge is 0.294 e. The Hall–Kier alpha value is -2.48. The molecule has 3 amide bonds. The molecule has 0 radical (unpaired) electrons. The number of thioether (sulfide) groups is 1. The van der Waals surface area contributed by atoms with Crippen LogP contribution >= 0.6 is 11.8 Å². The Morgan fingerprint density at radius 1 is 1.48 bits per heavy atom. The summed E-state index contributed by atoms with van der Waals surface area (Å²) in [7, 11) is 1.40. The van der Waals surface area contributed by atoms with Gasteiger partial charge in [-0.1, -0.05) is 12.1 Å². The number of benzene rings is 1. The second-order valence-corrected chi connectivity index (χ2v) is 5.13. The van der Waals surface area contributed by atoms with E-state index < -0.39 is 23.6 Å². The lowest BCUT2D eigenvalue weighted by molar-refractivity contribution is -0.127. The van der Waals surface area contributed by atoms with Crippen molar-refractivity contribution in [3.63, 3.8) is 0 Å². The largest absolute Gasteiger partial charge is 0.504 e. The van der Waals surface area contributed by atoms with Gasteiger partial charge in [0.05, 0.1) is 12.0 Å². The lowest BCUT2D eigenvalue weighted by atomic mass is 10.1. The van der Waals surface area contributed by atoms with Crippen LogP contribution < -0.4 is 10.5 Å². The lowest BCUT2D eigenvalue weighted by Gasteiger charge is -2.08. The van der Waals surface area contributed by atoms with Crippen LogP contribution in [-0.2, 0) is 9.59 Å².